The molecule has 5 nitrogen and oxygen atoms in total. The Labute approximate surface area is 210 Å². The monoisotopic (exact) mass is 484 g/mol. The zero-order chi connectivity index (χ0) is 25.0. The summed E-state index contributed by atoms with van der Waals surface area (Å²) in [6.45, 7) is 2.38. The molecule has 0 fully saturated rings. The number of ketones is 1. The highest BCUT2D eigenvalue weighted by Crippen LogP contribution is 2.14. The zero-order valence-corrected chi connectivity index (χ0v) is 22.5. The van der Waals surface area contributed by atoms with Gasteiger partial charge in [-0.3, -0.25) is 9.59 Å². The van der Waals surface area contributed by atoms with Crippen molar-refractivity contribution < 1.29 is 24.2 Å². The average molecular weight is 485 g/mol. The van der Waals surface area contributed by atoms with Gasteiger partial charge in [0.1, 0.15) is 5.78 Å². The lowest BCUT2D eigenvalue weighted by atomic mass is 10.0. The van der Waals surface area contributed by atoms with E-state index in [0.29, 0.717) is 12.2 Å². The van der Waals surface area contributed by atoms with Crippen LogP contribution in [-0.4, -0.2) is 43.8 Å². The molecular formula is C29H56O5. The van der Waals surface area contributed by atoms with Gasteiger partial charge in [0.25, 0.3) is 0 Å². The number of rotatable bonds is 29. The fourth-order valence-corrected chi connectivity index (χ4v) is 4.28. The Morgan fingerprint density at radius 2 is 0.794 bits per heavy atom. The van der Waals surface area contributed by atoms with Crippen molar-refractivity contribution >= 4 is 11.8 Å². The van der Waals surface area contributed by atoms with Crippen molar-refractivity contribution in [1.29, 1.82) is 0 Å². The molecule has 0 heterocycles. The SMILES string of the molecule is COCCCCOCCCCC(=O)CCCCCCCCCCCCCCCCCCC(=O)O. The molecule has 0 amide bonds. The lowest BCUT2D eigenvalue weighted by molar-refractivity contribution is -0.137. The molecule has 0 rings (SSSR count). The number of carboxylic acids is 1. The summed E-state index contributed by atoms with van der Waals surface area (Å²) in [5.74, 6) is -0.237. The van der Waals surface area contributed by atoms with Crippen LogP contribution >= 0.6 is 0 Å². The van der Waals surface area contributed by atoms with Gasteiger partial charge in [-0.25, -0.2) is 0 Å². The molecular weight excluding hydrogens is 428 g/mol. The number of Topliss-reactive ketones (excluding diaryl/α,β-unsaturated/α-hetero) is 1. The fraction of sp³-hybridized carbons (Fsp3) is 0.931. The third-order valence-corrected chi connectivity index (χ3v) is 6.48. The van der Waals surface area contributed by atoms with E-state index in [1.165, 1.54) is 83.5 Å². The molecule has 0 radical (unpaired) electrons. The average Bonchev–Trinajstić information content (AvgIpc) is 2.82. The maximum absolute atomic E-state index is 12.0. The molecule has 0 aromatic carbocycles. The maximum Gasteiger partial charge on any atom is 0.303 e. The molecule has 0 aromatic heterocycles. The summed E-state index contributed by atoms with van der Waals surface area (Å²) in [6, 6.07) is 0. The van der Waals surface area contributed by atoms with Crippen LogP contribution < -0.4 is 0 Å². The first-order valence-corrected chi connectivity index (χ1v) is 14.5. The van der Waals surface area contributed by atoms with Crippen LogP contribution in [0, 0.1) is 0 Å². The highest BCUT2D eigenvalue weighted by Gasteiger charge is 2.02. The van der Waals surface area contributed by atoms with Crippen molar-refractivity contribution in [3.8, 4) is 0 Å². The standard InChI is InChI=1S/C29H56O5/c1-33-25-20-21-27-34-26-19-18-23-28(30)22-16-14-12-10-8-6-4-2-3-5-7-9-11-13-15-17-24-29(31)32/h2-27H2,1H3,(H,31,32). The van der Waals surface area contributed by atoms with E-state index in [1.54, 1.807) is 7.11 Å². The predicted molar refractivity (Wildman–Crippen MR) is 142 cm³/mol. The van der Waals surface area contributed by atoms with Crippen LogP contribution in [0.25, 0.3) is 0 Å². The van der Waals surface area contributed by atoms with Crippen molar-refractivity contribution in [3.63, 3.8) is 0 Å². The first kappa shape index (κ1) is 33.1. The number of unbranched alkanes of at least 4 members (excludes halogenated alkanes) is 17. The third-order valence-electron chi connectivity index (χ3n) is 6.48. The molecule has 202 valence electrons. The van der Waals surface area contributed by atoms with Crippen LogP contribution in [0.1, 0.15) is 148 Å². The number of carbonyl (C=O) groups is 2. The van der Waals surface area contributed by atoms with E-state index in [4.69, 9.17) is 14.6 Å². The van der Waals surface area contributed by atoms with Gasteiger partial charge in [-0.15, -0.1) is 0 Å². The second kappa shape index (κ2) is 28.3. The summed E-state index contributed by atoms with van der Waals surface area (Å²) in [7, 11) is 1.73. The number of hydrogen-bond donors (Lipinski definition) is 1. The molecule has 0 spiro atoms. The minimum Gasteiger partial charge on any atom is -0.481 e. The molecule has 0 bridgehead atoms. The first-order valence-electron chi connectivity index (χ1n) is 14.5. The molecule has 0 atom stereocenters. The van der Waals surface area contributed by atoms with E-state index in [1.807, 2.05) is 0 Å². The summed E-state index contributed by atoms with van der Waals surface area (Å²) in [4.78, 5) is 22.4. The second-order valence-corrected chi connectivity index (χ2v) is 9.86. The summed E-state index contributed by atoms with van der Waals surface area (Å²) < 4.78 is 10.6. The summed E-state index contributed by atoms with van der Waals surface area (Å²) in [6.07, 6.45) is 25.9. The molecule has 1 N–H and O–H groups in total. The van der Waals surface area contributed by atoms with Crippen molar-refractivity contribution in [3.05, 3.63) is 0 Å². The number of ether oxygens (including phenoxy) is 2. The van der Waals surface area contributed by atoms with Gasteiger partial charge in [-0.2, -0.15) is 0 Å². The molecule has 0 saturated carbocycles. The predicted octanol–water partition coefficient (Wildman–Crippen LogP) is 8.28. The van der Waals surface area contributed by atoms with E-state index < -0.39 is 5.97 Å². The quantitative estimate of drug-likeness (QED) is 0.108. The Morgan fingerprint density at radius 1 is 0.471 bits per heavy atom. The summed E-state index contributed by atoms with van der Waals surface area (Å²) in [5, 5.41) is 8.60. The van der Waals surface area contributed by atoms with Crippen LogP contribution in [-0.2, 0) is 19.1 Å². The summed E-state index contributed by atoms with van der Waals surface area (Å²) >= 11 is 0. The first-order chi connectivity index (χ1) is 16.7. The number of carboxylic acid groups (broad SMARTS) is 1. The number of methoxy groups -OCH3 is 1. The minimum absolute atomic E-state index is 0.327. The van der Waals surface area contributed by atoms with Gasteiger partial charge in [-0.05, 0) is 38.5 Å². The Bertz CT molecular complexity index is 438. The van der Waals surface area contributed by atoms with Crippen LogP contribution in [0.3, 0.4) is 0 Å². The van der Waals surface area contributed by atoms with E-state index in [0.717, 1.165) is 77.6 Å². The van der Waals surface area contributed by atoms with Gasteiger partial charge < -0.3 is 14.6 Å². The molecule has 0 aliphatic heterocycles. The minimum atomic E-state index is -0.666. The lowest BCUT2D eigenvalue weighted by Crippen LogP contribution is -2.01. The van der Waals surface area contributed by atoms with E-state index in [2.05, 4.69) is 0 Å². The normalized spacial score (nSPS) is 11.2. The van der Waals surface area contributed by atoms with Crippen molar-refractivity contribution in [2.45, 2.75) is 148 Å². The second-order valence-electron chi connectivity index (χ2n) is 9.86. The molecule has 0 aliphatic rings. The molecule has 34 heavy (non-hydrogen) atoms. The number of hydrogen-bond acceptors (Lipinski definition) is 4. The molecule has 5 heteroatoms. The van der Waals surface area contributed by atoms with Crippen LogP contribution in [0.15, 0.2) is 0 Å². The maximum atomic E-state index is 12.0. The topological polar surface area (TPSA) is 72.8 Å². The van der Waals surface area contributed by atoms with Gasteiger partial charge in [0.15, 0.2) is 0 Å². The Morgan fingerprint density at radius 3 is 1.21 bits per heavy atom. The van der Waals surface area contributed by atoms with E-state index >= 15 is 0 Å². The fourth-order valence-electron chi connectivity index (χ4n) is 4.28. The Hall–Kier alpha value is -0.940. The van der Waals surface area contributed by atoms with E-state index in [9.17, 15) is 9.59 Å². The van der Waals surface area contributed by atoms with Gasteiger partial charge in [0.2, 0.25) is 0 Å². The van der Waals surface area contributed by atoms with Crippen LogP contribution in [0.5, 0.6) is 0 Å². The largest absolute Gasteiger partial charge is 0.481 e. The third kappa shape index (κ3) is 29.1. The van der Waals surface area contributed by atoms with Gasteiger partial charge in [0.05, 0.1) is 0 Å². The number of aliphatic carboxylic acids is 1. The lowest BCUT2D eigenvalue weighted by Gasteiger charge is -2.05. The van der Waals surface area contributed by atoms with Gasteiger partial charge >= 0.3 is 5.97 Å². The molecule has 0 aliphatic carbocycles. The van der Waals surface area contributed by atoms with E-state index in [-0.39, 0.29) is 0 Å². The zero-order valence-electron chi connectivity index (χ0n) is 22.5. The smallest absolute Gasteiger partial charge is 0.303 e. The van der Waals surface area contributed by atoms with Crippen molar-refractivity contribution in [2.24, 2.45) is 0 Å². The highest BCUT2D eigenvalue weighted by molar-refractivity contribution is 5.78. The highest BCUT2D eigenvalue weighted by atomic mass is 16.5. The van der Waals surface area contributed by atoms with Gasteiger partial charge in [0, 0.05) is 46.2 Å². The van der Waals surface area contributed by atoms with Gasteiger partial charge in [-0.1, -0.05) is 89.9 Å². The molecule has 0 unspecified atom stereocenters. The Balaban J connectivity index is 3.14. The summed E-state index contributed by atoms with van der Waals surface area (Å²) in [5.41, 5.74) is 0. The van der Waals surface area contributed by atoms with Crippen LogP contribution in [0.2, 0.25) is 0 Å². The molecule has 0 aromatic rings. The number of carbonyl (C=O) groups excluding carboxylic acids is 1. The molecule has 0 saturated heterocycles. The van der Waals surface area contributed by atoms with Crippen LogP contribution in [0.4, 0.5) is 0 Å². The Kier molecular flexibility index (Phi) is 27.5. The van der Waals surface area contributed by atoms with Crippen molar-refractivity contribution in [1.82, 2.24) is 0 Å². The van der Waals surface area contributed by atoms with Crippen molar-refractivity contribution in [2.75, 3.05) is 26.9 Å².